The lowest BCUT2D eigenvalue weighted by Crippen LogP contribution is -2.31. The van der Waals surface area contributed by atoms with E-state index in [0.717, 1.165) is 31.9 Å². The molecule has 1 aliphatic heterocycles. The molecule has 0 aliphatic carbocycles. The molecule has 1 unspecified atom stereocenters. The van der Waals surface area contributed by atoms with Crippen LogP contribution < -0.4 is 15.4 Å². The molecule has 0 saturated carbocycles. The highest BCUT2D eigenvalue weighted by Crippen LogP contribution is 2.29. The second-order valence-corrected chi connectivity index (χ2v) is 5.06. The van der Waals surface area contributed by atoms with E-state index in [1.807, 2.05) is 13.8 Å². The molecular weight excluding hydrogens is 244 g/mol. The summed E-state index contributed by atoms with van der Waals surface area (Å²) in [5, 5.41) is 0. The minimum Gasteiger partial charge on any atom is -0.473 e. The number of nitrogens with zero attached hydrogens (tertiary/aromatic N) is 3. The van der Waals surface area contributed by atoms with Crippen LogP contribution in [-0.2, 0) is 4.74 Å². The van der Waals surface area contributed by atoms with Crippen LogP contribution in [0.2, 0.25) is 0 Å². The van der Waals surface area contributed by atoms with Gasteiger partial charge in [-0.25, -0.2) is 4.98 Å². The maximum atomic E-state index is 6.13. The third-order valence-corrected chi connectivity index (χ3v) is 2.93. The van der Waals surface area contributed by atoms with E-state index in [4.69, 9.17) is 15.2 Å². The van der Waals surface area contributed by atoms with Gasteiger partial charge in [0.05, 0.1) is 12.2 Å². The van der Waals surface area contributed by atoms with Crippen molar-refractivity contribution in [3.63, 3.8) is 0 Å². The molecule has 1 aromatic rings. The smallest absolute Gasteiger partial charge is 0.242 e. The van der Waals surface area contributed by atoms with Gasteiger partial charge in [-0.1, -0.05) is 0 Å². The summed E-state index contributed by atoms with van der Waals surface area (Å²) in [6.07, 6.45) is 2.68. The van der Waals surface area contributed by atoms with Crippen LogP contribution in [0.1, 0.15) is 27.2 Å². The van der Waals surface area contributed by atoms with Gasteiger partial charge in [-0.15, -0.1) is 0 Å². The second kappa shape index (κ2) is 6.06. The third-order valence-electron chi connectivity index (χ3n) is 2.93. The summed E-state index contributed by atoms with van der Waals surface area (Å²) in [5.41, 5.74) is 6.63. The Balaban J connectivity index is 2.23. The molecule has 1 atom stereocenters. The summed E-state index contributed by atoms with van der Waals surface area (Å²) in [4.78, 5) is 10.5. The fourth-order valence-electron chi connectivity index (χ4n) is 2.13. The number of hydrogen-bond acceptors (Lipinski definition) is 6. The van der Waals surface area contributed by atoms with Crippen molar-refractivity contribution in [1.82, 2.24) is 9.97 Å². The molecule has 0 radical (unpaired) electrons. The summed E-state index contributed by atoms with van der Waals surface area (Å²) in [6.45, 7) is 8.39. The molecule has 1 saturated heterocycles. The van der Waals surface area contributed by atoms with Crippen molar-refractivity contribution in [1.29, 1.82) is 0 Å². The zero-order valence-corrected chi connectivity index (χ0v) is 11.8. The van der Waals surface area contributed by atoms with Gasteiger partial charge in [0.1, 0.15) is 12.0 Å². The predicted octanol–water partition coefficient (Wildman–Crippen LogP) is 1.46. The van der Waals surface area contributed by atoms with E-state index in [-0.39, 0.29) is 12.2 Å². The highest BCUT2D eigenvalue weighted by molar-refractivity contribution is 5.67. The first-order chi connectivity index (χ1) is 9.08. The van der Waals surface area contributed by atoms with Crippen LogP contribution >= 0.6 is 0 Å². The van der Waals surface area contributed by atoms with Crippen molar-refractivity contribution in [2.45, 2.75) is 39.4 Å². The van der Waals surface area contributed by atoms with E-state index in [9.17, 15) is 0 Å². The van der Waals surface area contributed by atoms with E-state index in [1.54, 1.807) is 0 Å². The summed E-state index contributed by atoms with van der Waals surface area (Å²) < 4.78 is 11.2. The lowest BCUT2D eigenvalue weighted by molar-refractivity contribution is 0.0820. The van der Waals surface area contributed by atoms with E-state index in [0.29, 0.717) is 11.6 Å². The molecular formula is C13H22N4O2. The quantitative estimate of drug-likeness (QED) is 0.893. The SMILES string of the molecule is CC(C)Oc1ncnc(N2CCCOC(C)C2)c1N. The Kier molecular flexibility index (Phi) is 4.42. The van der Waals surface area contributed by atoms with Crippen LogP contribution in [0.4, 0.5) is 11.5 Å². The van der Waals surface area contributed by atoms with Gasteiger partial charge in [-0.2, -0.15) is 4.98 Å². The fraction of sp³-hybridized carbons (Fsp3) is 0.692. The molecule has 0 aromatic carbocycles. The molecule has 2 N–H and O–H groups in total. The predicted molar refractivity (Wildman–Crippen MR) is 74.5 cm³/mol. The van der Waals surface area contributed by atoms with Gasteiger partial charge in [-0.3, -0.25) is 0 Å². The van der Waals surface area contributed by atoms with Gasteiger partial charge in [-0.05, 0) is 27.2 Å². The first-order valence-corrected chi connectivity index (χ1v) is 6.71. The van der Waals surface area contributed by atoms with Gasteiger partial charge in [0, 0.05) is 19.7 Å². The monoisotopic (exact) mass is 266 g/mol. The number of hydrogen-bond donors (Lipinski definition) is 1. The molecule has 0 spiro atoms. The molecule has 0 bridgehead atoms. The Hall–Kier alpha value is -1.56. The Bertz CT molecular complexity index is 425. The fourth-order valence-corrected chi connectivity index (χ4v) is 2.13. The summed E-state index contributed by atoms with van der Waals surface area (Å²) in [6, 6.07) is 0. The molecule has 6 heteroatoms. The van der Waals surface area contributed by atoms with Gasteiger partial charge in [0.2, 0.25) is 5.88 Å². The average molecular weight is 266 g/mol. The van der Waals surface area contributed by atoms with Crippen LogP contribution in [-0.4, -0.2) is 41.9 Å². The molecule has 1 aliphatic rings. The normalized spacial score (nSPS) is 20.4. The maximum absolute atomic E-state index is 6.13. The summed E-state index contributed by atoms with van der Waals surface area (Å²) in [7, 11) is 0. The molecule has 6 nitrogen and oxygen atoms in total. The zero-order chi connectivity index (χ0) is 13.8. The van der Waals surface area contributed by atoms with Crippen LogP contribution in [0.25, 0.3) is 0 Å². The lowest BCUT2D eigenvalue weighted by Gasteiger charge is -2.25. The molecule has 2 rings (SSSR count). The van der Waals surface area contributed by atoms with Crippen LogP contribution in [0.3, 0.4) is 0 Å². The number of nitrogen functional groups attached to an aromatic ring is 1. The second-order valence-electron chi connectivity index (χ2n) is 5.06. The number of aromatic nitrogens is 2. The Morgan fingerprint density at radius 2 is 2.26 bits per heavy atom. The number of nitrogens with two attached hydrogens (primary N) is 1. The molecule has 2 heterocycles. The van der Waals surface area contributed by atoms with Crippen molar-refractivity contribution in [2.75, 3.05) is 30.3 Å². The first-order valence-electron chi connectivity index (χ1n) is 6.71. The Labute approximate surface area is 113 Å². The van der Waals surface area contributed by atoms with Gasteiger partial charge >= 0.3 is 0 Å². The number of rotatable bonds is 3. The van der Waals surface area contributed by atoms with E-state index in [1.165, 1.54) is 6.33 Å². The number of anilines is 2. The minimum absolute atomic E-state index is 0.0384. The maximum Gasteiger partial charge on any atom is 0.242 e. The summed E-state index contributed by atoms with van der Waals surface area (Å²) in [5.74, 6) is 1.20. The molecule has 1 aromatic heterocycles. The lowest BCUT2D eigenvalue weighted by atomic mass is 10.3. The van der Waals surface area contributed by atoms with Crippen LogP contribution in [0, 0.1) is 0 Å². The first kappa shape index (κ1) is 13.9. The van der Waals surface area contributed by atoms with Gasteiger partial charge in [0.25, 0.3) is 0 Å². The highest BCUT2D eigenvalue weighted by Gasteiger charge is 2.20. The van der Waals surface area contributed by atoms with Crippen molar-refractivity contribution in [3.8, 4) is 5.88 Å². The van der Waals surface area contributed by atoms with Gasteiger partial charge in [0.15, 0.2) is 5.82 Å². The summed E-state index contributed by atoms with van der Waals surface area (Å²) >= 11 is 0. The topological polar surface area (TPSA) is 73.5 Å². The Morgan fingerprint density at radius 3 is 3.00 bits per heavy atom. The highest BCUT2D eigenvalue weighted by atomic mass is 16.5. The van der Waals surface area contributed by atoms with Crippen LogP contribution in [0.15, 0.2) is 6.33 Å². The van der Waals surface area contributed by atoms with Crippen molar-refractivity contribution < 1.29 is 9.47 Å². The average Bonchev–Trinajstić information content (AvgIpc) is 2.56. The molecule has 1 fully saturated rings. The standard InChI is InChI=1S/C13H22N4O2/c1-9(2)19-13-11(14)12(15-8-16-13)17-5-4-6-18-10(3)7-17/h8-10H,4-7,14H2,1-3H3. The van der Waals surface area contributed by atoms with Crippen molar-refractivity contribution >= 4 is 11.5 Å². The minimum atomic E-state index is 0.0384. The third kappa shape index (κ3) is 3.47. The number of ether oxygens (including phenoxy) is 2. The van der Waals surface area contributed by atoms with E-state index < -0.39 is 0 Å². The van der Waals surface area contributed by atoms with Crippen molar-refractivity contribution in [3.05, 3.63) is 6.33 Å². The van der Waals surface area contributed by atoms with Crippen LogP contribution in [0.5, 0.6) is 5.88 Å². The van der Waals surface area contributed by atoms with E-state index in [2.05, 4.69) is 21.8 Å². The van der Waals surface area contributed by atoms with Gasteiger partial charge < -0.3 is 20.1 Å². The zero-order valence-electron chi connectivity index (χ0n) is 11.8. The van der Waals surface area contributed by atoms with E-state index >= 15 is 0 Å². The molecule has 0 amide bonds. The Morgan fingerprint density at radius 1 is 1.47 bits per heavy atom. The largest absolute Gasteiger partial charge is 0.473 e. The van der Waals surface area contributed by atoms with Crippen molar-refractivity contribution in [2.24, 2.45) is 0 Å². The molecule has 106 valence electrons. The molecule has 19 heavy (non-hydrogen) atoms.